The zero-order chi connectivity index (χ0) is 14.5. The van der Waals surface area contributed by atoms with Gasteiger partial charge in [-0.15, -0.1) is 11.3 Å². The summed E-state index contributed by atoms with van der Waals surface area (Å²) in [7, 11) is 0. The molecule has 2 N–H and O–H groups in total. The average molecular weight is 308 g/mol. The van der Waals surface area contributed by atoms with Crippen molar-refractivity contribution < 1.29 is 4.74 Å². The van der Waals surface area contributed by atoms with Crippen molar-refractivity contribution in [3.8, 4) is 5.75 Å². The highest BCUT2D eigenvalue weighted by Gasteiger charge is 2.30. The zero-order valence-electron chi connectivity index (χ0n) is 11.9. The lowest BCUT2D eigenvalue weighted by atomic mass is 9.97. The Hall–Kier alpha value is -1.03. The number of ether oxygens (including phenoxy) is 1. The first-order chi connectivity index (χ1) is 9.37. The van der Waals surface area contributed by atoms with Gasteiger partial charge in [-0.1, -0.05) is 23.7 Å². The molecule has 106 valence electrons. The summed E-state index contributed by atoms with van der Waals surface area (Å²) >= 11 is 7.95. The van der Waals surface area contributed by atoms with Crippen LogP contribution in [0.1, 0.15) is 41.5 Å². The first-order valence-corrected chi connectivity index (χ1v) is 7.94. The third-order valence-electron chi connectivity index (χ3n) is 3.65. The minimum Gasteiger partial charge on any atom is -0.487 e. The van der Waals surface area contributed by atoms with E-state index in [-0.39, 0.29) is 11.6 Å². The first-order valence-electron chi connectivity index (χ1n) is 6.68. The maximum Gasteiger partial charge on any atom is 0.123 e. The van der Waals surface area contributed by atoms with Crippen molar-refractivity contribution in [1.82, 2.24) is 0 Å². The van der Waals surface area contributed by atoms with Crippen LogP contribution in [0.4, 0.5) is 0 Å². The van der Waals surface area contributed by atoms with Gasteiger partial charge < -0.3 is 10.5 Å². The fourth-order valence-electron chi connectivity index (χ4n) is 2.63. The molecule has 0 radical (unpaired) electrons. The predicted molar refractivity (Wildman–Crippen MR) is 84.9 cm³/mol. The van der Waals surface area contributed by atoms with E-state index in [9.17, 15) is 0 Å². The Labute approximate surface area is 128 Å². The van der Waals surface area contributed by atoms with Gasteiger partial charge in [0.2, 0.25) is 0 Å². The molecule has 2 heterocycles. The third kappa shape index (κ3) is 2.34. The summed E-state index contributed by atoms with van der Waals surface area (Å²) in [6.45, 7) is 6.21. The Balaban J connectivity index is 1.95. The molecule has 0 bridgehead atoms. The van der Waals surface area contributed by atoms with Crippen LogP contribution in [0.25, 0.3) is 0 Å². The molecule has 1 atom stereocenters. The molecule has 0 saturated heterocycles. The molecule has 0 spiro atoms. The Morgan fingerprint density at radius 3 is 2.80 bits per heavy atom. The van der Waals surface area contributed by atoms with Crippen molar-refractivity contribution in [2.75, 3.05) is 0 Å². The van der Waals surface area contributed by atoms with E-state index in [1.807, 2.05) is 19.1 Å². The smallest absolute Gasteiger partial charge is 0.123 e. The Morgan fingerprint density at radius 2 is 2.15 bits per heavy atom. The highest BCUT2D eigenvalue weighted by Crippen LogP contribution is 2.39. The number of fused-ring (bicyclic) bond motifs is 1. The SMILES string of the molecule is Cc1csc(C(N)c2ccc3c(c2)CC(C)(C)O3)c1Cl. The summed E-state index contributed by atoms with van der Waals surface area (Å²) in [6.07, 6.45) is 0.917. The normalized spacial score (nSPS) is 17.6. The van der Waals surface area contributed by atoms with Crippen molar-refractivity contribution in [3.63, 3.8) is 0 Å². The molecular formula is C16H18ClNOS. The van der Waals surface area contributed by atoms with E-state index in [1.54, 1.807) is 11.3 Å². The molecule has 1 aromatic carbocycles. The molecule has 1 aliphatic heterocycles. The molecule has 1 aromatic heterocycles. The molecular weight excluding hydrogens is 290 g/mol. The minimum absolute atomic E-state index is 0.123. The standard InChI is InChI=1S/C16H18ClNOS/c1-9-8-20-15(13(9)17)14(18)10-4-5-12-11(6-10)7-16(2,3)19-12/h4-6,8,14H,7,18H2,1-3H3. The maximum absolute atomic E-state index is 6.38. The highest BCUT2D eigenvalue weighted by atomic mass is 35.5. The summed E-state index contributed by atoms with van der Waals surface area (Å²) < 4.78 is 5.90. The average Bonchev–Trinajstić information content (AvgIpc) is 2.87. The number of thiophene rings is 1. The van der Waals surface area contributed by atoms with Crippen LogP contribution in [-0.4, -0.2) is 5.60 Å². The van der Waals surface area contributed by atoms with Crippen molar-refractivity contribution >= 4 is 22.9 Å². The van der Waals surface area contributed by atoms with E-state index in [0.29, 0.717) is 0 Å². The molecule has 2 nitrogen and oxygen atoms in total. The molecule has 0 saturated carbocycles. The number of aryl methyl sites for hydroxylation is 1. The molecule has 4 heteroatoms. The summed E-state index contributed by atoms with van der Waals surface area (Å²) in [6, 6.07) is 6.04. The Bertz CT molecular complexity index is 662. The summed E-state index contributed by atoms with van der Waals surface area (Å²) in [4.78, 5) is 1.03. The van der Waals surface area contributed by atoms with E-state index in [4.69, 9.17) is 22.1 Å². The molecule has 0 amide bonds. The van der Waals surface area contributed by atoms with Crippen LogP contribution in [-0.2, 0) is 6.42 Å². The van der Waals surface area contributed by atoms with Crippen LogP contribution in [0.15, 0.2) is 23.6 Å². The van der Waals surface area contributed by atoms with Gasteiger partial charge in [0.05, 0.1) is 11.1 Å². The lowest BCUT2D eigenvalue weighted by Crippen LogP contribution is -2.24. The van der Waals surface area contributed by atoms with Crippen molar-refractivity contribution in [2.45, 2.75) is 38.8 Å². The van der Waals surface area contributed by atoms with Crippen molar-refractivity contribution in [2.24, 2.45) is 5.73 Å². The van der Waals surface area contributed by atoms with Gasteiger partial charge in [-0.2, -0.15) is 0 Å². The van der Waals surface area contributed by atoms with E-state index in [1.165, 1.54) is 5.56 Å². The highest BCUT2D eigenvalue weighted by molar-refractivity contribution is 7.10. The molecule has 1 aliphatic rings. The molecule has 1 unspecified atom stereocenters. The summed E-state index contributed by atoms with van der Waals surface area (Å²) in [5, 5.41) is 2.84. The second-order valence-corrected chi connectivity index (χ2v) is 7.27. The minimum atomic E-state index is -0.171. The second kappa shape index (κ2) is 4.76. The van der Waals surface area contributed by atoms with Gasteiger partial charge >= 0.3 is 0 Å². The van der Waals surface area contributed by atoms with Crippen LogP contribution in [0.5, 0.6) is 5.75 Å². The zero-order valence-corrected chi connectivity index (χ0v) is 13.4. The van der Waals surface area contributed by atoms with Gasteiger partial charge in [-0.3, -0.25) is 0 Å². The fourth-order valence-corrected chi connectivity index (χ4v) is 3.97. The number of halogens is 1. The van der Waals surface area contributed by atoms with Crippen molar-refractivity contribution in [1.29, 1.82) is 0 Å². The number of hydrogen-bond donors (Lipinski definition) is 1. The van der Waals surface area contributed by atoms with Gasteiger partial charge in [0.1, 0.15) is 11.4 Å². The van der Waals surface area contributed by atoms with E-state index < -0.39 is 0 Å². The lowest BCUT2D eigenvalue weighted by molar-refractivity contribution is 0.138. The van der Waals surface area contributed by atoms with E-state index >= 15 is 0 Å². The first kappa shape index (κ1) is 13.9. The Morgan fingerprint density at radius 1 is 1.40 bits per heavy atom. The van der Waals surface area contributed by atoms with Gasteiger partial charge in [-0.25, -0.2) is 0 Å². The second-order valence-electron chi connectivity index (χ2n) is 5.98. The summed E-state index contributed by atoms with van der Waals surface area (Å²) in [5.41, 5.74) is 9.67. The van der Waals surface area contributed by atoms with Gasteiger partial charge in [0.15, 0.2) is 0 Å². The summed E-state index contributed by atoms with van der Waals surface area (Å²) in [5.74, 6) is 0.972. The molecule has 3 rings (SSSR count). The van der Waals surface area contributed by atoms with Gasteiger partial charge in [-0.05, 0) is 48.9 Å². The number of nitrogens with two attached hydrogens (primary N) is 1. The number of hydrogen-bond acceptors (Lipinski definition) is 3. The molecule has 0 aliphatic carbocycles. The van der Waals surface area contributed by atoms with Crippen molar-refractivity contribution in [3.05, 3.63) is 50.2 Å². The van der Waals surface area contributed by atoms with Crippen LogP contribution >= 0.6 is 22.9 Å². The molecule has 0 fully saturated rings. The monoisotopic (exact) mass is 307 g/mol. The quantitative estimate of drug-likeness (QED) is 0.888. The Kier molecular flexibility index (Phi) is 3.32. The van der Waals surface area contributed by atoms with Gasteiger partial charge in [0, 0.05) is 11.3 Å². The fraction of sp³-hybridized carbons (Fsp3) is 0.375. The maximum atomic E-state index is 6.38. The van der Waals surface area contributed by atoms with Crippen LogP contribution in [0.3, 0.4) is 0 Å². The van der Waals surface area contributed by atoms with E-state index in [2.05, 4.69) is 25.3 Å². The van der Waals surface area contributed by atoms with Crippen LogP contribution in [0, 0.1) is 6.92 Å². The lowest BCUT2D eigenvalue weighted by Gasteiger charge is -2.16. The topological polar surface area (TPSA) is 35.2 Å². The van der Waals surface area contributed by atoms with E-state index in [0.717, 1.165) is 33.2 Å². The molecule has 20 heavy (non-hydrogen) atoms. The number of rotatable bonds is 2. The van der Waals surface area contributed by atoms with Crippen LogP contribution < -0.4 is 10.5 Å². The largest absolute Gasteiger partial charge is 0.487 e. The van der Waals surface area contributed by atoms with Gasteiger partial charge in [0.25, 0.3) is 0 Å². The van der Waals surface area contributed by atoms with Crippen LogP contribution in [0.2, 0.25) is 5.02 Å². The predicted octanol–water partition coefficient (Wildman–Crippen LogP) is 4.47. The molecule has 2 aromatic rings. The third-order valence-corrected chi connectivity index (χ3v) is 5.45. The number of benzene rings is 1.